The number of nitrogens with zero attached hydrogens (tertiary/aromatic N) is 2. The lowest BCUT2D eigenvalue weighted by Gasteiger charge is -2.30. The van der Waals surface area contributed by atoms with Crippen molar-refractivity contribution in [3.8, 4) is 0 Å². The van der Waals surface area contributed by atoms with E-state index < -0.39 is 0 Å². The van der Waals surface area contributed by atoms with E-state index in [1.54, 1.807) is 0 Å². The lowest BCUT2D eigenvalue weighted by Crippen LogP contribution is -2.30. The molecule has 2 aliphatic heterocycles. The molecule has 1 saturated heterocycles. The lowest BCUT2D eigenvalue weighted by atomic mass is 10.0. The van der Waals surface area contributed by atoms with Crippen molar-refractivity contribution in [1.29, 1.82) is 0 Å². The van der Waals surface area contributed by atoms with E-state index in [1.807, 2.05) is 6.20 Å². The summed E-state index contributed by atoms with van der Waals surface area (Å²) in [6, 6.07) is 0.469. The van der Waals surface area contributed by atoms with E-state index in [4.69, 9.17) is 0 Å². The summed E-state index contributed by atoms with van der Waals surface area (Å²) in [5.74, 6) is 0. The maximum Gasteiger partial charge on any atom is 0.0698 e. The van der Waals surface area contributed by atoms with Gasteiger partial charge in [-0.1, -0.05) is 0 Å². The molecule has 3 rings (SSSR count). The molecule has 2 N–H and O–H groups in total. The van der Waals surface area contributed by atoms with Gasteiger partial charge in [-0.15, -0.1) is 0 Å². The summed E-state index contributed by atoms with van der Waals surface area (Å²) < 4.78 is 0. The fourth-order valence-corrected chi connectivity index (χ4v) is 2.24. The molecule has 2 aliphatic rings. The third kappa shape index (κ3) is 1.14. The molecule has 1 aromatic heterocycles. The van der Waals surface area contributed by atoms with E-state index in [9.17, 15) is 0 Å². The Morgan fingerprint density at radius 3 is 3.50 bits per heavy atom. The van der Waals surface area contributed by atoms with Gasteiger partial charge in [-0.2, -0.15) is 5.10 Å². The molecule has 0 aromatic carbocycles. The number of H-pyrrole nitrogens is 1. The van der Waals surface area contributed by atoms with Crippen molar-refractivity contribution in [3.05, 3.63) is 23.7 Å². The maximum atomic E-state index is 4.09. The zero-order valence-corrected chi connectivity index (χ0v) is 8.03. The van der Waals surface area contributed by atoms with Crippen LogP contribution in [0.5, 0.6) is 0 Å². The first-order chi connectivity index (χ1) is 6.95. The normalized spacial score (nSPS) is 25.4. The van der Waals surface area contributed by atoms with Gasteiger partial charge in [0.1, 0.15) is 0 Å². The number of aromatic amines is 1. The molecule has 1 atom stereocenters. The summed E-state index contributed by atoms with van der Waals surface area (Å²) in [6.45, 7) is 3.28. The molecular weight excluding hydrogens is 176 g/mol. The van der Waals surface area contributed by atoms with Gasteiger partial charge in [0.15, 0.2) is 0 Å². The lowest BCUT2D eigenvalue weighted by molar-refractivity contribution is 0.295. The Morgan fingerprint density at radius 2 is 2.50 bits per heavy atom. The summed E-state index contributed by atoms with van der Waals surface area (Å²) in [5.41, 5.74) is 2.48. The minimum absolute atomic E-state index is 0.469. The number of nitrogens with one attached hydrogen (secondary N) is 2. The minimum Gasteiger partial charge on any atom is -0.369 e. The van der Waals surface area contributed by atoms with Gasteiger partial charge in [-0.25, -0.2) is 0 Å². The second kappa shape index (κ2) is 3.13. The highest BCUT2D eigenvalue weighted by molar-refractivity contribution is 5.52. The van der Waals surface area contributed by atoms with Crippen molar-refractivity contribution < 1.29 is 0 Å². The fourth-order valence-electron chi connectivity index (χ4n) is 2.24. The number of aromatic nitrogens is 2. The van der Waals surface area contributed by atoms with Crippen LogP contribution in [0.25, 0.3) is 6.08 Å². The zero-order chi connectivity index (χ0) is 9.38. The predicted molar refractivity (Wildman–Crippen MR) is 54.6 cm³/mol. The summed E-state index contributed by atoms with van der Waals surface area (Å²) >= 11 is 0. The Balaban J connectivity index is 1.99. The predicted octanol–water partition coefficient (Wildman–Crippen LogP) is 0.730. The largest absolute Gasteiger partial charge is 0.369 e. The van der Waals surface area contributed by atoms with Crippen LogP contribution in [0.3, 0.4) is 0 Å². The third-order valence-corrected chi connectivity index (χ3v) is 3.00. The number of hydrogen-bond donors (Lipinski definition) is 2. The molecule has 1 aromatic rings. The molecule has 0 amide bonds. The molecular formula is C10H14N4. The molecule has 74 valence electrons. The van der Waals surface area contributed by atoms with E-state index in [-0.39, 0.29) is 0 Å². The van der Waals surface area contributed by atoms with Gasteiger partial charge in [0.25, 0.3) is 0 Å². The summed E-state index contributed by atoms with van der Waals surface area (Å²) in [5, 5.41) is 10.6. The van der Waals surface area contributed by atoms with E-state index in [0.29, 0.717) is 6.04 Å². The van der Waals surface area contributed by atoms with Gasteiger partial charge in [0.05, 0.1) is 17.9 Å². The minimum atomic E-state index is 0.469. The Kier molecular flexibility index (Phi) is 1.80. The molecule has 4 heteroatoms. The van der Waals surface area contributed by atoms with Gasteiger partial charge in [0.2, 0.25) is 0 Å². The molecule has 14 heavy (non-hydrogen) atoms. The summed E-state index contributed by atoms with van der Waals surface area (Å²) in [7, 11) is 0. The molecule has 0 spiro atoms. The standard InChI is InChI=1S/C10H14N4/c1-3-11-7-10-8-6-12-13-9(8)2-5-14(10)4-1/h2,5-6,10-11H,1,3-4,7H2,(H,12,13). The first-order valence-corrected chi connectivity index (χ1v) is 5.13. The van der Waals surface area contributed by atoms with Crippen LogP contribution < -0.4 is 5.32 Å². The number of hydrogen-bond acceptors (Lipinski definition) is 3. The van der Waals surface area contributed by atoms with Crippen molar-refractivity contribution in [2.75, 3.05) is 19.6 Å². The smallest absolute Gasteiger partial charge is 0.0698 e. The monoisotopic (exact) mass is 190 g/mol. The molecule has 0 aliphatic carbocycles. The second-order valence-corrected chi connectivity index (χ2v) is 3.87. The van der Waals surface area contributed by atoms with E-state index in [1.165, 1.54) is 12.0 Å². The summed E-state index contributed by atoms with van der Waals surface area (Å²) in [4.78, 5) is 2.40. The van der Waals surface area contributed by atoms with Crippen molar-refractivity contribution in [3.63, 3.8) is 0 Å². The number of fused-ring (bicyclic) bond motifs is 3. The maximum absolute atomic E-state index is 4.09. The van der Waals surface area contributed by atoms with Crippen LogP contribution in [-0.2, 0) is 0 Å². The molecule has 0 radical (unpaired) electrons. The second-order valence-electron chi connectivity index (χ2n) is 3.87. The Morgan fingerprint density at radius 1 is 1.50 bits per heavy atom. The van der Waals surface area contributed by atoms with Crippen molar-refractivity contribution in [1.82, 2.24) is 20.4 Å². The van der Waals surface area contributed by atoms with E-state index in [2.05, 4.69) is 32.7 Å². The van der Waals surface area contributed by atoms with Crippen LogP contribution in [-0.4, -0.2) is 34.7 Å². The first kappa shape index (κ1) is 8.05. The van der Waals surface area contributed by atoms with Gasteiger partial charge >= 0.3 is 0 Å². The average molecular weight is 190 g/mol. The molecule has 0 saturated carbocycles. The third-order valence-electron chi connectivity index (χ3n) is 3.00. The van der Waals surface area contributed by atoms with Crippen molar-refractivity contribution in [2.45, 2.75) is 12.5 Å². The van der Waals surface area contributed by atoms with Crippen molar-refractivity contribution >= 4 is 6.08 Å². The fraction of sp³-hybridized carbons (Fsp3) is 0.500. The van der Waals surface area contributed by atoms with Crippen LogP contribution in [0, 0.1) is 0 Å². The first-order valence-electron chi connectivity index (χ1n) is 5.13. The number of rotatable bonds is 0. The zero-order valence-electron chi connectivity index (χ0n) is 8.03. The van der Waals surface area contributed by atoms with Crippen molar-refractivity contribution in [2.24, 2.45) is 0 Å². The highest BCUT2D eigenvalue weighted by Crippen LogP contribution is 2.29. The van der Waals surface area contributed by atoms with Crippen LogP contribution in [0.2, 0.25) is 0 Å². The highest BCUT2D eigenvalue weighted by atomic mass is 15.2. The van der Waals surface area contributed by atoms with E-state index >= 15 is 0 Å². The van der Waals surface area contributed by atoms with Gasteiger partial charge in [-0.05, 0) is 19.0 Å². The highest BCUT2D eigenvalue weighted by Gasteiger charge is 2.25. The van der Waals surface area contributed by atoms with Crippen LogP contribution >= 0.6 is 0 Å². The van der Waals surface area contributed by atoms with Gasteiger partial charge in [0, 0.05) is 24.9 Å². The van der Waals surface area contributed by atoms with Crippen LogP contribution in [0.1, 0.15) is 23.7 Å². The SMILES string of the molecule is C1=CN2CCCNCC2c2cn[nH]c21. The molecule has 1 fully saturated rings. The topological polar surface area (TPSA) is 44.0 Å². The quantitative estimate of drug-likeness (QED) is 0.634. The molecule has 3 heterocycles. The molecule has 0 bridgehead atoms. The Bertz CT molecular complexity index is 355. The molecule has 1 unspecified atom stereocenters. The van der Waals surface area contributed by atoms with Crippen LogP contribution in [0.15, 0.2) is 12.4 Å². The van der Waals surface area contributed by atoms with E-state index in [0.717, 1.165) is 25.3 Å². The Labute approximate surface area is 83.0 Å². The van der Waals surface area contributed by atoms with Gasteiger partial charge in [-0.3, -0.25) is 5.10 Å². The van der Waals surface area contributed by atoms with Gasteiger partial charge < -0.3 is 10.2 Å². The average Bonchev–Trinajstić information content (AvgIpc) is 2.55. The van der Waals surface area contributed by atoms with Crippen LogP contribution in [0.4, 0.5) is 0 Å². The molecule has 4 nitrogen and oxygen atoms in total. The summed E-state index contributed by atoms with van der Waals surface area (Å²) in [6.07, 6.45) is 7.46. The Hall–Kier alpha value is -1.29.